The molecule has 0 aromatic heterocycles. The van der Waals surface area contributed by atoms with Gasteiger partial charge >= 0.3 is 5.97 Å². The zero-order chi connectivity index (χ0) is 33.6. The lowest BCUT2D eigenvalue weighted by Crippen LogP contribution is -2.72. The van der Waals surface area contributed by atoms with E-state index in [2.05, 4.69) is 19.9 Å². The predicted octanol–water partition coefficient (Wildman–Crippen LogP) is 7.24. The number of carboxylic acids is 1. The number of phenols is 1. The number of phenolic OH excluding ortho intramolecular Hbond substituents is 1. The predicted molar refractivity (Wildman–Crippen MR) is 174 cm³/mol. The molecule has 2 fully saturated rings. The average molecular weight is 629 g/mol. The first-order valence-electron chi connectivity index (χ1n) is 16.2. The third kappa shape index (κ3) is 4.47. The summed E-state index contributed by atoms with van der Waals surface area (Å²) >= 11 is 0. The van der Waals surface area contributed by atoms with Crippen molar-refractivity contribution >= 4 is 23.6 Å². The van der Waals surface area contributed by atoms with Gasteiger partial charge in [-0.25, -0.2) is 4.79 Å². The number of hydrogen-bond acceptors (Lipinski definition) is 7. The third-order valence-electron chi connectivity index (χ3n) is 10.5. The molecule has 6 aliphatic rings. The normalized spacial score (nSPS) is 31.2. The maximum atomic E-state index is 14.7. The number of carbonyl (C=O) groups excluding carboxylic acids is 2. The third-order valence-corrected chi connectivity index (χ3v) is 10.5. The lowest BCUT2D eigenvalue weighted by atomic mass is 9.51. The summed E-state index contributed by atoms with van der Waals surface area (Å²) in [6.45, 7) is 15.4. The molecule has 4 unspecified atom stereocenters. The minimum atomic E-state index is -1.63. The van der Waals surface area contributed by atoms with E-state index in [-0.39, 0.29) is 40.8 Å². The minimum absolute atomic E-state index is 0.0544. The Balaban J connectivity index is 1.59. The van der Waals surface area contributed by atoms with E-state index in [1.807, 2.05) is 52.8 Å². The first-order chi connectivity index (χ1) is 21.5. The highest BCUT2D eigenvalue weighted by atomic mass is 16.6. The maximum absolute atomic E-state index is 14.7. The molecule has 0 radical (unpaired) electrons. The van der Waals surface area contributed by atoms with E-state index in [0.29, 0.717) is 41.7 Å². The molecule has 3 heterocycles. The van der Waals surface area contributed by atoms with Crippen molar-refractivity contribution in [2.24, 2.45) is 11.8 Å². The molecular formula is C38H44O8. The van der Waals surface area contributed by atoms with Crippen molar-refractivity contribution in [3.05, 3.63) is 69.4 Å². The number of Topliss-reactive ketones (excluding diaryl/α,β-unsaturated/α-hetero) is 2. The molecule has 0 amide bonds. The van der Waals surface area contributed by atoms with Crippen LogP contribution >= 0.6 is 0 Å². The Morgan fingerprint density at radius 1 is 1.00 bits per heavy atom. The Morgan fingerprint density at radius 3 is 2.35 bits per heavy atom. The monoisotopic (exact) mass is 628 g/mol. The topological polar surface area (TPSA) is 119 Å². The number of aromatic hydroxyl groups is 1. The summed E-state index contributed by atoms with van der Waals surface area (Å²) in [6, 6.07) is 0. The number of benzene rings is 1. The fourth-order valence-electron chi connectivity index (χ4n) is 8.17. The van der Waals surface area contributed by atoms with E-state index in [9.17, 15) is 24.6 Å². The molecule has 1 saturated heterocycles. The zero-order valence-electron chi connectivity index (χ0n) is 28.0. The van der Waals surface area contributed by atoms with Gasteiger partial charge in [-0.15, -0.1) is 0 Å². The van der Waals surface area contributed by atoms with Crippen molar-refractivity contribution in [3.63, 3.8) is 0 Å². The number of hydrogen-bond donors (Lipinski definition) is 2. The number of ketones is 2. The zero-order valence-corrected chi connectivity index (χ0v) is 28.0. The van der Waals surface area contributed by atoms with Gasteiger partial charge in [-0.05, 0) is 93.2 Å². The standard InChI is InChI=1S/C38H44O8/c1-20(2)10-9-15-36(8)16-14-24-29(39)28-30(40)26-18-23-19-27-35(6,7)46-37(33(23)41,17-13-22(5)34(42)43)38(26,27)45-32(28)25(31(24)44-36)12-11-21(3)4/h10-11,13-14,16,18,23,27,39H,9,12,15,17,19H2,1-8H3,(H,42,43)/t23-,27?,36?,37?,38?/m0/s1. The minimum Gasteiger partial charge on any atom is -0.506 e. The van der Waals surface area contributed by atoms with Crippen molar-refractivity contribution in [3.8, 4) is 17.2 Å². The number of carbonyl (C=O) groups is 3. The molecule has 8 nitrogen and oxygen atoms in total. The maximum Gasteiger partial charge on any atom is 0.330 e. The van der Waals surface area contributed by atoms with Gasteiger partial charge in [-0.2, -0.15) is 0 Å². The van der Waals surface area contributed by atoms with Gasteiger partial charge in [0.2, 0.25) is 0 Å². The van der Waals surface area contributed by atoms with Crippen LogP contribution in [0.15, 0.2) is 52.7 Å². The Hall–Kier alpha value is -3.91. The molecule has 1 aromatic rings. The number of ether oxygens (including phenoxy) is 3. The molecular weight excluding hydrogens is 584 g/mol. The summed E-state index contributed by atoms with van der Waals surface area (Å²) in [4.78, 5) is 40.8. The first kappa shape index (κ1) is 32.0. The summed E-state index contributed by atoms with van der Waals surface area (Å²) in [5.74, 6) is -2.28. The smallest absolute Gasteiger partial charge is 0.330 e. The van der Waals surface area contributed by atoms with E-state index in [1.165, 1.54) is 18.6 Å². The van der Waals surface area contributed by atoms with Gasteiger partial charge in [0.05, 0.1) is 11.2 Å². The number of allylic oxidation sites excluding steroid dienone is 5. The highest BCUT2D eigenvalue weighted by Crippen LogP contribution is 2.68. The van der Waals surface area contributed by atoms with Gasteiger partial charge in [0, 0.05) is 35.0 Å². The largest absolute Gasteiger partial charge is 0.506 e. The highest BCUT2D eigenvalue weighted by molar-refractivity contribution is 6.19. The molecule has 3 aliphatic carbocycles. The van der Waals surface area contributed by atoms with Crippen molar-refractivity contribution in [2.45, 2.75) is 110 Å². The van der Waals surface area contributed by atoms with Crippen LogP contribution in [0.2, 0.25) is 0 Å². The van der Waals surface area contributed by atoms with Crippen molar-refractivity contribution in [1.29, 1.82) is 0 Å². The van der Waals surface area contributed by atoms with E-state index in [0.717, 1.165) is 12.0 Å². The summed E-state index contributed by atoms with van der Waals surface area (Å²) in [5, 5.41) is 21.4. The first-order valence-corrected chi connectivity index (χ1v) is 16.2. The van der Waals surface area contributed by atoms with E-state index in [1.54, 1.807) is 6.08 Å². The molecule has 1 spiro atoms. The molecule has 2 N–H and O–H groups in total. The number of aliphatic carboxylic acids is 1. The van der Waals surface area contributed by atoms with Crippen LogP contribution in [0.5, 0.6) is 17.2 Å². The molecule has 5 atom stereocenters. The molecule has 4 bridgehead atoms. The van der Waals surface area contributed by atoms with Crippen molar-refractivity contribution in [2.75, 3.05) is 0 Å². The second-order valence-electron chi connectivity index (χ2n) is 14.8. The Labute approximate surface area is 270 Å². The Kier molecular flexibility index (Phi) is 7.36. The van der Waals surface area contributed by atoms with Crippen LogP contribution < -0.4 is 9.47 Å². The summed E-state index contributed by atoms with van der Waals surface area (Å²) in [7, 11) is 0. The number of carboxylic acid groups (broad SMARTS) is 1. The number of rotatable bonds is 8. The molecule has 46 heavy (non-hydrogen) atoms. The molecule has 244 valence electrons. The summed E-state index contributed by atoms with van der Waals surface area (Å²) in [5.41, 5.74) is -0.952. The Morgan fingerprint density at radius 2 is 1.70 bits per heavy atom. The van der Waals surface area contributed by atoms with Gasteiger partial charge in [-0.3, -0.25) is 9.59 Å². The Bertz CT molecular complexity index is 1730. The van der Waals surface area contributed by atoms with Crippen LogP contribution in [0.1, 0.15) is 103 Å². The van der Waals surface area contributed by atoms with Gasteiger partial charge in [0.15, 0.2) is 22.8 Å². The second-order valence-corrected chi connectivity index (χ2v) is 14.8. The number of fused-ring (bicyclic) bond motifs is 2. The lowest BCUT2D eigenvalue weighted by Gasteiger charge is -2.56. The van der Waals surface area contributed by atoms with Crippen LogP contribution in [-0.2, 0) is 20.7 Å². The molecule has 3 aliphatic heterocycles. The van der Waals surface area contributed by atoms with E-state index in [4.69, 9.17) is 14.2 Å². The molecule has 8 heteroatoms. The molecule has 1 aromatic carbocycles. The second kappa shape index (κ2) is 10.6. The fourth-order valence-corrected chi connectivity index (χ4v) is 8.17. The molecule has 7 rings (SSSR count). The van der Waals surface area contributed by atoms with Gasteiger partial charge in [0.1, 0.15) is 28.4 Å². The van der Waals surface area contributed by atoms with Crippen molar-refractivity contribution in [1.82, 2.24) is 0 Å². The van der Waals surface area contributed by atoms with Crippen molar-refractivity contribution < 1.29 is 38.8 Å². The average Bonchev–Trinajstić information content (AvgIpc) is 3.12. The highest BCUT2D eigenvalue weighted by Gasteiger charge is 2.81. The van der Waals surface area contributed by atoms with Crippen LogP contribution in [0.4, 0.5) is 0 Å². The summed E-state index contributed by atoms with van der Waals surface area (Å²) < 4.78 is 20.6. The van der Waals surface area contributed by atoms with Crippen LogP contribution in [0.3, 0.4) is 0 Å². The van der Waals surface area contributed by atoms with Crippen LogP contribution in [0.25, 0.3) is 6.08 Å². The fraction of sp³-hybridized carbons (Fsp3) is 0.500. The quantitative estimate of drug-likeness (QED) is 0.228. The van der Waals surface area contributed by atoms with Crippen LogP contribution in [0, 0.1) is 11.8 Å². The van der Waals surface area contributed by atoms with Gasteiger partial charge < -0.3 is 24.4 Å². The lowest BCUT2D eigenvalue weighted by molar-refractivity contribution is -0.171. The van der Waals surface area contributed by atoms with Crippen LogP contribution in [-0.4, -0.2) is 50.2 Å². The van der Waals surface area contributed by atoms with E-state index < -0.39 is 40.1 Å². The van der Waals surface area contributed by atoms with Gasteiger partial charge in [-0.1, -0.05) is 35.5 Å². The summed E-state index contributed by atoms with van der Waals surface area (Å²) in [6.07, 6.45) is 13.4. The SMILES string of the molecule is CC(C)=CCCC1(C)C=Cc2c(O)c3c(c(CC=C(C)C)c2O1)OC12C(=C[C@H]4CC1C(C)(C)OC2(CC=C(C)C(=O)O)C4=O)C3=O. The molecule has 1 saturated carbocycles. The van der Waals surface area contributed by atoms with Gasteiger partial charge in [0.25, 0.3) is 0 Å². The van der Waals surface area contributed by atoms with E-state index >= 15 is 0 Å².